The first-order valence-corrected chi connectivity index (χ1v) is 14.6. The van der Waals surface area contributed by atoms with Crippen molar-refractivity contribution in [1.29, 1.82) is 0 Å². The van der Waals surface area contributed by atoms with Crippen molar-refractivity contribution in [3.8, 4) is 0 Å². The van der Waals surface area contributed by atoms with Crippen molar-refractivity contribution in [3.05, 3.63) is 94.5 Å². The first kappa shape index (κ1) is 27.2. The topological polar surface area (TPSA) is 116 Å². The van der Waals surface area contributed by atoms with Crippen LogP contribution in [0.1, 0.15) is 5.56 Å². The molecule has 0 spiro atoms. The number of nitrogens with one attached hydrogen (secondary N) is 1. The first-order chi connectivity index (χ1) is 17.6. The summed E-state index contributed by atoms with van der Waals surface area (Å²) in [7, 11) is -8.08. The van der Waals surface area contributed by atoms with Crippen LogP contribution in [0.3, 0.4) is 0 Å². The number of hydrazone groups is 1. The minimum Gasteiger partial charge on any atom is -0.271 e. The molecule has 0 aliphatic carbocycles. The Morgan fingerprint density at radius 3 is 2.03 bits per heavy atom. The number of benzene rings is 3. The fourth-order valence-corrected chi connectivity index (χ4v) is 7.12. The van der Waals surface area contributed by atoms with Crippen LogP contribution < -0.4 is 5.43 Å². The van der Waals surface area contributed by atoms with E-state index in [2.05, 4.69) is 10.5 Å². The van der Waals surface area contributed by atoms with Gasteiger partial charge >= 0.3 is 0 Å². The van der Waals surface area contributed by atoms with Crippen molar-refractivity contribution in [1.82, 2.24) is 14.0 Å². The minimum absolute atomic E-state index is 0.00789. The number of carbonyl (C=O) groups excluding carboxylic acids is 1. The Hall–Kier alpha value is -2.80. The Labute approximate surface area is 225 Å². The van der Waals surface area contributed by atoms with Gasteiger partial charge in [-0.2, -0.15) is 13.7 Å². The third-order valence-electron chi connectivity index (χ3n) is 5.66. The summed E-state index contributed by atoms with van der Waals surface area (Å²) in [4.78, 5) is 13.2. The highest BCUT2D eigenvalue weighted by molar-refractivity contribution is 7.89. The second-order valence-corrected chi connectivity index (χ2v) is 12.7. The number of nitrogens with zero attached hydrogens (tertiary/aromatic N) is 3. The predicted octanol–water partition coefficient (Wildman–Crippen LogP) is 3.21. The second kappa shape index (κ2) is 11.3. The molecule has 1 N–H and O–H groups in total. The van der Waals surface area contributed by atoms with Crippen LogP contribution in [0, 0.1) is 0 Å². The lowest BCUT2D eigenvalue weighted by Crippen LogP contribution is -2.60. The van der Waals surface area contributed by atoms with E-state index in [1.807, 2.05) is 0 Å². The number of hydrogen-bond acceptors (Lipinski definition) is 6. The van der Waals surface area contributed by atoms with Crippen LogP contribution in [-0.2, 0) is 24.8 Å². The maximum absolute atomic E-state index is 13.4. The van der Waals surface area contributed by atoms with Crippen LogP contribution in [0.4, 0.5) is 0 Å². The molecule has 0 saturated carbocycles. The molecule has 0 unspecified atom stereocenters. The van der Waals surface area contributed by atoms with Gasteiger partial charge in [0.25, 0.3) is 5.91 Å². The van der Waals surface area contributed by atoms with E-state index in [1.54, 1.807) is 54.6 Å². The van der Waals surface area contributed by atoms with Gasteiger partial charge in [-0.3, -0.25) is 4.79 Å². The normalized spacial score (nSPS) is 17.6. The van der Waals surface area contributed by atoms with E-state index in [0.29, 0.717) is 15.6 Å². The number of piperazine rings is 1. The summed E-state index contributed by atoms with van der Waals surface area (Å²) < 4.78 is 55.3. The van der Waals surface area contributed by atoms with Gasteiger partial charge in [-0.1, -0.05) is 65.7 Å². The van der Waals surface area contributed by atoms with Gasteiger partial charge in [-0.25, -0.2) is 22.3 Å². The van der Waals surface area contributed by atoms with Gasteiger partial charge in [-0.05, 0) is 42.0 Å². The molecule has 9 nitrogen and oxygen atoms in total. The fourth-order valence-electron chi connectivity index (χ4n) is 3.77. The molecule has 3 aromatic carbocycles. The van der Waals surface area contributed by atoms with E-state index < -0.39 is 38.5 Å². The molecule has 0 aromatic heterocycles. The molecule has 13 heteroatoms. The van der Waals surface area contributed by atoms with Gasteiger partial charge in [0.05, 0.1) is 26.1 Å². The van der Waals surface area contributed by atoms with Gasteiger partial charge < -0.3 is 0 Å². The smallest absolute Gasteiger partial charge is 0.259 e. The summed E-state index contributed by atoms with van der Waals surface area (Å²) >= 11 is 11.9. The molecule has 37 heavy (non-hydrogen) atoms. The Kier molecular flexibility index (Phi) is 8.32. The predicted molar refractivity (Wildman–Crippen MR) is 142 cm³/mol. The summed E-state index contributed by atoms with van der Waals surface area (Å²) in [6.45, 7) is -0.741. The lowest BCUT2D eigenvalue weighted by molar-refractivity contribution is -0.125. The van der Waals surface area contributed by atoms with E-state index in [-0.39, 0.29) is 22.9 Å². The van der Waals surface area contributed by atoms with Crippen molar-refractivity contribution >= 4 is 55.4 Å². The average molecular weight is 582 g/mol. The molecular weight excluding hydrogens is 559 g/mol. The molecule has 194 valence electrons. The highest BCUT2D eigenvalue weighted by atomic mass is 35.5. The molecule has 1 fully saturated rings. The molecule has 1 saturated heterocycles. The number of rotatable bonds is 7. The standard InChI is InChI=1S/C24H22Cl2N4O5S2/c25-21-12-11-18(15-22(21)26)16-27-28-24(31)23-17-29(36(32,33)19-7-3-1-4-8-19)13-14-30(23)37(34,35)20-9-5-2-6-10-20/h1-12,15-16,23H,13-14,17H2,(H,28,31)/b27-16-/t23-/m1/s1. The van der Waals surface area contributed by atoms with E-state index in [1.165, 1.54) is 30.5 Å². The van der Waals surface area contributed by atoms with Crippen LogP contribution in [-0.4, -0.2) is 63.2 Å². The van der Waals surface area contributed by atoms with Crippen LogP contribution in [0.2, 0.25) is 10.0 Å². The fraction of sp³-hybridized carbons (Fsp3) is 0.167. The third-order valence-corrected chi connectivity index (χ3v) is 10.2. The monoisotopic (exact) mass is 580 g/mol. The Bertz CT molecular complexity index is 1520. The molecule has 3 aromatic rings. The van der Waals surface area contributed by atoms with E-state index in [4.69, 9.17) is 23.2 Å². The second-order valence-electron chi connectivity index (χ2n) is 8.03. The van der Waals surface area contributed by atoms with Gasteiger partial charge in [0.1, 0.15) is 6.04 Å². The maximum Gasteiger partial charge on any atom is 0.259 e. The average Bonchev–Trinajstić information content (AvgIpc) is 2.91. The SMILES string of the molecule is O=C(N/N=C\c1ccc(Cl)c(Cl)c1)[C@H]1CN(S(=O)(=O)c2ccccc2)CCN1S(=O)(=O)c1ccccc1. The minimum atomic E-state index is -4.11. The van der Waals surface area contributed by atoms with Gasteiger partial charge in [-0.15, -0.1) is 0 Å². The van der Waals surface area contributed by atoms with Crippen LogP contribution in [0.15, 0.2) is 93.8 Å². The van der Waals surface area contributed by atoms with E-state index in [0.717, 1.165) is 8.61 Å². The summed E-state index contributed by atoms with van der Waals surface area (Å²) in [6, 6.07) is 18.8. The number of amides is 1. The van der Waals surface area contributed by atoms with Gasteiger partial charge in [0, 0.05) is 19.6 Å². The van der Waals surface area contributed by atoms with E-state index in [9.17, 15) is 21.6 Å². The lowest BCUT2D eigenvalue weighted by Gasteiger charge is -2.38. The Balaban J connectivity index is 1.62. The molecule has 1 aliphatic rings. The zero-order chi connectivity index (χ0) is 26.6. The molecule has 1 aliphatic heterocycles. The van der Waals surface area contributed by atoms with Crippen molar-refractivity contribution < 1.29 is 21.6 Å². The molecule has 0 bridgehead atoms. The van der Waals surface area contributed by atoms with Gasteiger partial charge in [0.2, 0.25) is 20.0 Å². The van der Waals surface area contributed by atoms with Crippen LogP contribution in [0.25, 0.3) is 0 Å². The number of carbonyl (C=O) groups is 1. The Morgan fingerprint density at radius 2 is 1.43 bits per heavy atom. The largest absolute Gasteiger partial charge is 0.271 e. The summed E-state index contributed by atoms with van der Waals surface area (Å²) in [5, 5.41) is 4.56. The maximum atomic E-state index is 13.4. The lowest BCUT2D eigenvalue weighted by atomic mass is 10.2. The quantitative estimate of drug-likeness (QED) is 0.340. The first-order valence-electron chi connectivity index (χ1n) is 11.0. The summed E-state index contributed by atoms with van der Waals surface area (Å²) in [5.74, 6) is -0.788. The van der Waals surface area contributed by atoms with E-state index >= 15 is 0 Å². The summed E-state index contributed by atoms with van der Waals surface area (Å²) in [5.41, 5.74) is 2.87. The van der Waals surface area contributed by atoms with Crippen molar-refractivity contribution in [2.75, 3.05) is 19.6 Å². The number of halogens is 2. The van der Waals surface area contributed by atoms with Crippen molar-refractivity contribution in [2.45, 2.75) is 15.8 Å². The molecule has 0 radical (unpaired) electrons. The summed E-state index contributed by atoms with van der Waals surface area (Å²) in [6.07, 6.45) is 1.32. The highest BCUT2D eigenvalue weighted by Gasteiger charge is 2.43. The third kappa shape index (κ3) is 6.03. The van der Waals surface area contributed by atoms with Crippen molar-refractivity contribution in [3.63, 3.8) is 0 Å². The Morgan fingerprint density at radius 1 is 0.838 bits per heavy atom. The molecule has 1 heterocycles. The van der Waals surface area contributed by atoms with Crippen LogP contribution >= 0.6 is 23.2 Å². The number of sulfonamides is 2. The number of hydrogen-bond donors (Lipinski definition) is 1. The highest BCUT2D eigenvalue weighted by Crippen LogP contribution is 2.26. The van der Waals surface area contributed by atoms with Crippen molar-refractivity contribution in [2.24, 2.45) is 5.10 Å². The molecule has 1 atom stereocenters. The van der Waals surface area contributed by atoms with Crippen LogP contribution in [0.5, 0.6) is 0 Å². The molecule has 4 rings (SSSR count). The zero-order valence-electron chi connectivity index (χ0n) is 19.2. The zero-order valence-corrected chi connectivity index (χ0v) is 22.4. The van der Waals surface area contributed by atoms with Gasteiger partial charge in [0.15, 0.2) is 0 Å². The molecular formula is C24H22Cl2N4O5S2. The molecule has 1 amide bonds.